The largest absolute Gasteiger partial charge is 0.497 e. The first-order chi connectivity index (χ1) is 14.2. The van der Waals surface area contributed by atoms with E-state index in [1.807, 2.05) is 48.5 Å². The summed E-state index contributed by atoms with van der Waals surface area (Å²) in [6.45, 7) is 0. The van der Waals surface area contributed by atoms with Crippen molar-refractivity contribution in [2.45, 2.75) is 25.3 Å². The predicted molar refractivity (Wildman–Crippen MR) is 111 cm³/mol. The minimum atomic E-state index is -0.330. The van der Waals surface area contributed by atoms with E-state index in [0.717, 1.165) is 41.0 Å². The van der Waals surface area contributed by atoms with Gasteiger partial charge in [0.15, 0.2) is 11.6 Å². The van der Waals surface area contributed by atoms with Crippen LogP contribution in [-0.4, -0.2) is 27.7 Å². The number of methoxy groups -OCH3 is 1. The van der Waals surface area contributed by atoms with Crippen molar-refractivity contribution in [3.63, 3.8) is 0 Å². The highest BCUT2D eigenvalue weighted by Gasteiger charge is 2.37. The van der Waals surface area contributed by atoms with E-state index in [4.69, 9.17) is 26.4 Å². The summed E-state index contributed by atoms with van der Waals surface area (Å²) in [4.78, 5) is 17.6. The second kappa shape index (κ2) is 7.04. The van der Waals surface area contributed by atoms with Gasteiger partial charge in [0.05, 0.1) is 12.1 Å². The first kappa shape index (κ1) is 17.9. The van der Waals surface area contributed by atoms with Gasteiger partial charge in [-0.05, 0) is 42.7 Å². The fourth-order valence-electron chi connectivity index (χ4n) is 4.01. The van der Waals surface area contributed by atoms with E-state index < -0.39 is 0 Å². The lowest BCUT2D eigenvalue weighted by atomic mass is 9.85. The zero-order valence-corrected chi connectivity index (χ0v) is 16.6. The number of halogens is 1. The third kappa shape index (κ3) is 3.00. The molecule has 0 fully saturated rings. The summed E-state index contributed by atoms with van der Waals surface area (Å²) in [7, 11) is 1.64. The van der Waals surface area contributed by atoms with Gasteiger partial charge >= 0.3 is 0 Å². The molecule has 1 aliphatic carbocycles. The van der Waals surface area contributed by atoms with Crippen molar-refractivity contribution in [1.82, 2.24) is 14.8 Å². The van der Waals surface area contributed by atoms with E-state index in [9.17, 15) is 4.79 Å². The molecule has 1 aliphatic heterocycles. The number of hydrogen-bond acceptors (Lipinski definition) is 5. The van der Waals surface area contributed by atoms with Crippen LogP contribution in [0.3, 0.4) is 0 Å². The molecule has 7 heteroatoms. The van der Waals surface area contributed by atoms with Gasteiger partial charge in [0, 0.05) is 23.3 Å². The fourth-order valence-corrected chi connectivity index (χ4v) is 4.23. The monoisotopic (exact) mass is 406 g/mol. The molecule has 0 saturated heterocycles. The van der Waals surface area contributed by atoms with Crippen molar-refractivity contribution in [2.24, 2.45) is 0 Å². The minimum Gasteiger partial charge on any atom is -0.497 e. The molecule has 0 bridgehead atoms. The van der Waals surface area contributed by atoms with Gasteiger partial charge in [-0.1, -0.05) is 35.9 Å². The lowest BCUT2D eigenvalue weighted by molar-refractivity contribution is -0.116. The molecule has 1 N–H and O–H groups in total. The molecule has 1 atom stereocenters. The Hall–Kier alpha value is -3.12. The fraction of sp³-hybridized carbons (Fsp3) is 0.227. The Labute approximate surface area is 173 Å². The van der Waals surface area contributed by atoms with Crippen molar-refractivity contribution in [3.05, 3.63) is 70.4 Å². The van der Waals surface area contributed by atoms with E-state index in [1.165, 1.54) is 0 Å². The van der Waals surface area contributed by atoms with Crippen LogP contribution in [0.15, 0.2) is 59.8 Å². The zero-order chi connectivity index (χ0) is 20.0. The third-order valence-electron chi connectivity index (χ3n) is 5.41. The number of aromatic nitrogens is 3. The van der Waals surface area contributed by atoms with Gasteiger partial charge in [-0.2, -0.15) is 4.98 Å². The molecule has 3 aromatic rings. The third-order valence-corrected chi connectivity index (χ3v) is 5.74. The number of ether oxygens (including phenoxy) is 1. The Bertz CT molecular complexity index is 1130. The molecular formula is C22H19ClN4O2. The predicted octanol–water partition coefficient (Wildman–Crippen LogP) is 4.63. The molecule has 6 nitrogen and oxygen atoms in total. The topological polar surface area (TPSA) is 69.0 Å². The summed E-state index contributed by atoms with van der Waals surface area (Å²) in [6, 6.07) is 14.9. The van der Waals surface area contributed by atoms with Crippen molar-refractivity contribution < 1.29 is 9.53 Å². The van der Waals surface area contributed by atoms with Crippen LogP contribution in [-0.2, 0) is 4.79 Å². The second-order valence-corrected chi connectivity index (χ2v) is 7.56. The highest BCUT2D eigenvalue weighted by atomic mass is 35.5. The highest BCUT2D eigenvalue weighted by Crippen LogP contribution is 2.41. The number of hydrogen-bond donors (Lipinski definition) is 1. The lowest BCUT2D eigenvalue weighted by Crippen LogP contribution is -2.31. The summed E-state index contributed by atoms with van der Waals surface area (Å²) in [5.41, 5.74) is 3.43. The summed E-state index contributed by atoms with van der Waals surface area (Å²) < 4.78 is 7.08. The summed E-state index contributed by atoms with van der Waals surface area (Å²) in [5, 5.41) is 8.68. The van der Waals surface area contributed by atoms with Gasteiger partial charge in [-0.25, -0.2) is 4.68 Å². The summed E-state index contributed by atoms with van der Waals surface area (Å²) >= 11 is 6.37. The number of carbonyl (C=O) groups is 1. The van der Waals surface area contributed by atoms with Crippen LogP contribution < -0.4 is 10.1 Å². The van der Waals surface area contributed by atoms with Crippen molar-refractivity contribution in [2.75, 3.05) is 12.4 Å². The highest BCUT2D eigenvalue weighted by molar-refractivity contribution is 6.33. The molecule has 2 aromatic carbocycles. The lowest BCUT2D eigenvalue weighted by Gasteiger charge is -2.32. The number of rotatable bonds is 3. The van der Waals surface area contributed by atoms with E-state index in [-0.39, 0.29) is 11.8 Å². The van der Waals surface area contributed by atoms with E-state index in [0.29, 0.717) is 23.2 Å². The number of anilines is 1. The van der Waals surface area contributed by atoms with Gasteiger partial charge in [0.25, 0.3) is 0 Å². The summed E-state index contributed by atoms with van der Waals surface area (Å²) in [5.74, 6) is 2.07. The van der Waals surface area contributed by atoms with Gasteiger partial charge in [0.2, 0.25) is 5.95 Å². The smallest absolute Gasteiger partial charge is 0.226 e. The maximum absolute atomic E-state index is 12.9. The average Bonchev–Trinajstić information content (AvgIpc) is 3.16. The Kier molecular flexibility index (Phi) is 4.36. The molecule has 0 spiro atoms. The quantitative estimate of drug-likeness (QED) is 0.686. The first-order valence-electron chi connectivity index (χ1n) is 9.54. The molecule has 5 rings (SSSR count). The van der Waals surface area contributed by atoms with Crippen molar-refractivity contribution in [3.8, 4) is 17.1 Å². The number of Topliss-reactive ketones (excluding diaryl/α,β-unsaturated/α-hetero) is 1. The summed E-state index contributed by atoms with van der Waals surface area (Å²) in [6.07, 6.45) is 2.21. The molecule has 2 aliphatic rings. The number of nitrogens with zero attached hydrogens (tertiary/aromatic N) is 3. The van der Waals surface area contributed by atoms with Gasteiger partial charge in [-0.3, -0.25) is 4.79 Å². The second-order valence-electron chi connectivity index (χ2n) is 7.15. The van der Waals surface area contributed by atoms with Crippen LogP contribution in [0.25, 0.3) is 11.4 Å². The van der Waals surface area contributed by atoms with Gasteiger partial charge < -0.3 is 10.1 Å². The van der Waals surface area contributed by atoms with E-state index >= 15 is 0 Å². The van der Waals surface area contributed by atoms with Crippen LogP contribution in [0.5, 0.6) is 5.75 Å². The van der Waals surface area contributed by atoms with Crippen LogP contribution in [0.4, 0.5) is 5.95 Å². The molecular weight excluding hydrogens is 388 g/mol. The molecule has 0 saturated carbocycles. The number of nitrogens with one attached hydrogen (secondary N) is 1. The average molecular weight is 407 g/mol. The van der Waals surface area contributed by atoms with Crippen LogP contribution >= 0.6 is 11.6 Å². The Morgan fingerprint density at radius 3 is 2.69 bits per heavy atom. The molecule has 2 heterocycles. The number of ketones is 1. The van der Waals surface area contributed by atoms with Gasteiger partial charge in [0.1, 0.15) is 11.8 Å². The molecule has 0 radical (unpaired) electrons. The molecule has 29 heavy (non-hydrogen) atoms. The number of benzene rings is 2. The SMILES string of the molecule is COc1ccc([C@@H]2C3=C(CCCC3=O)Nc3nc(-c4ccccc4Cl)nn32)cc1. The molecule has 0 amide bonds. The van der Waals surface area contributed by atoms with Crippen LogP contribution in [0.2, 0.25) is 5.02 Å². The zero-order valence-electron chi connectivity index (χ0n) is 15.9. The Balaban J connectivity index is 1.67. The number of allylic oxidation sites excluding steroid dienone is 2. The minimum absolute atomic E-state index is 0.153. The molecule has 0 unspecified atom stereocenters. The first-order valence-corrected chi connectivity index (χ1v) is 9.92. The Morgan fingerprint density at radius 1 is 1.14 bits per heavy atom. The van der Waals surface area contributed by atoms with Crippen molar-refractivity contribution >= 4 is 23.3 Å². The van der Waals surface area contributed by atoms with Crippen molar-refractivity contribution in [1.29, 1.82) is 0 Å². The maximum Gasteiger partial charge on any atom is 0.226 e. The van der Waals surface area contributed by atoms with Gasteiger partial charge in [-0.15, -0.1) is 5.10 Å². The van der Waals surface area contributed by atoms with Crippen LogP contribution in [0.1, 0.15) is 30.9 Å². The van der Waals surface area contributed by atoms with E-state index in [2.05, 4.69) is 5.32 Å². The van der Waals surface area contributed by atoms with E-state index in [1.54, 1.807) is 11.8 Å². The van der Waals surface area contributed by atoms with Crippen LogP contribution in [0, 0.1) is 0 Å². The normalized spacial score (nSPS) is 18.1. The number of fused-ring (bicyclic) bond motifs is 1. The maximum atomic E-state index is 12.9. The molecule has 1 aromatic heterocycles. The Morgan fingerprint density at radius 2 is 1.93 bits per heavy atom. The molecule has 146 valence electrons. The standard InChI is InChI=1S/C22H19ClN4O2/c1-29-14-11-9-13(10-12-14)20-19-17(7-4-8-18(19)28)24-22-25-21(26-27(20)22)15-5-2-3-6-16(15)23/h2-3,5-6,9-12,20H,4,7-8H2,1H3,(H,24,25,26)/t20-/m1/s1. The number of carbonyl (C=O) groups excluding carboxylic acids is 1.